The van der Waals surface area contributed by atoms with E-state index in [9.17, 15) is 4.79 Å². The topological polar surface area (TPSA) is 68.1 Å². The van der Waals surface area contributed by atoms with Crippen LogP contribution in [0.15, 0.2) is 52.2 Å². The molecule has 0 radical (unpaired) electrons. The van der Waals surface area contributed by atoms with Crippen LogP contribution in [0.2, 0.25) is 0 Å². The Morgan fingerprint density at radius 3 is 2.64 bits per heavy atom. The minimum Gasteiger partial charge on any atom is -0.411 e. The first-order chi connectivity index (χ1) is 16.0. The first kappa shape index (κ1) is 22.5. The Bertz CT molecular complexity index is 1020. The van der Waals surface area contributed by atoms with Gasteiger partial charge >= 0.3 is 0 Å². The number of hydrogen-bond donors (Lipinski definition) is 1. The van der Waals surface area contributed by atoms with Gasteiger partial charge in [0.25, 0.3) is 0 Å². The van der Waals surface area contributed by atoms with Crippen molar-refractivity contribution in [3.05, 3.63) is 58.2 Å². The fourth-order valence-corrected chi connectivity index (χ4v) is 7.78. The van der Waals surface area contributed by atoms with Gasteiger partial charge in [0, 0.05) is 32.0 Å². The molecule has 1 aromatic rings. The molecule has 0 aromatic heterocycles. The second-order valence-electron chi connectivity index (χ2n) is 10.6. The highest BCUT2D eigenvalue weighted by Gasteiger charge is 2.63. The van der Waals surface area contributed by atoms with Crippen molar-refractivity contribution in [3.8, 4) is 0 Å². The normalized spacial score (nSPS) is 35.9. The summed E-state index contributed by atoms with van der Waals surface area (Å²) in [5.41, 5.74) is 6.23. The molecule has 4 aliphatic rings. The summed E-state index contributed by atoms with van der Waals surface area (Å²) in [4.78, 5) is 12.2. The summed E-state index contributed by atoms with van der Waals surface area (Å²) in [5.74, 6) is 1.64. The lowest BCUT2D eigenvalue weighted by Crippen LogP contribution is -2.54. The van der Waals surface area contributed by atoms with E-state index in [0.29, 0.717) is 24.9 Å². The summed E-state index contributed by atoms with van der Waals surface area (Å²) in [7, 11) is 3.64. The number of ether oxygens (including phenoxy) is 2. The van der Waals surface area contributed by atoms with Crippen LogP contribution in [0.5, 0.6) is 0 Å². The van der Waals surface area contributed by atoms with Gasteiger partial charge in [-0.2, -0.15) is 0 Å². The van der Waals surface area contributed by atoms with Gasteiger partial charge in [-0.1, -0.05) is 41.9 Å². The van der Waals surface area contributed by atoms with Gasteiger partial charge in [0.1, 0.15) is 0 Å². The molecule has 5 heteroatoms. The highest BCUT2D eigenvalue weighted by Crippen LogP contribution is 2.67. The molecule has 4 aliphatic carbocycles. The Kier molecular flexibility index (Phi) is 5.82. The van der Waals surface area contributed by atoms with Gasteiger partial charge in [-0.05, 0) is 78.7 Å². The Labute approximate surface area is 196 Å². The molecule has 0 amide bonds. The number of allylic oxidation sites excluding steroid dienone is 4. The number of ketones is 1. The van der Waals surface area contributed by atoms with E-state index < -0.39 is 0 Å². The van der Waals surface area contributed by atoms with E-state index in [1.807, 2.05) is 25.3 Å². The molecule has 1 aromatic carbocycles. The van der Waals surface area contributed by atoms with E-state index in [4.69, 9.17) is 14.7 Å². The number of benzene rings is 1. The van der Waals surface area contributed by atoms with Crippen molar-refractivity contribution in [1.29, 1.82) is 0 Å². The quantitative estimate of drug-likeness (QED) is 0.370. The second kappa shape index (κ2) is 8.52. The molecule has 5 nitrogen and oxygen atoms in total. The molecule has 5 atom stereocenters. The minimum absolute atomic E-state index is 0.00802. The number of methoxy groups -OCH3 is 2. The number of oxime groups is 1. The lowest BCUT2D eigenvalue weighted by molar-refractivity contribution is -0.149. The van der Waals surface area contributed by atoms with Crippen LogP contribution in [0.1, 0.15) is 68.9 Å². The summed E-state index contributed by atoms with van der Waals surface area (Å²) in [5, 5.41) is 12.1. The standard InChI is InChI=1S/C28H35NO4/c1-27-15-24(19-6-4-18(5-7-19)16-29-31)26-22-11-9-21(30)14-20(22)8-10-23(26)25(27)12-13-28(27,33-3)17-32-2/h4-7,14,16,23-25,31H,8-13,15,17H2,1-3H3/b29-16+/t23-,24+,25?,27-,28-/m0/s1. The van der Waals surface area contributed by atoms with Crippen molar-refractivity contribution in [2.45, 2.75) is 63.4 Å². The summed E-state index contributed by atoms with van der Waals surface area (Å²) < 4.78 is 12.0. The Morgan fingerprint density at radius 1 is 1.15 bits per heavy atom. The molecule has 2 fully saturated rings. The van der Waals surface area contributed by atoms with Crippen molar-refractivity contribution >= 4 is 12.0 Å². The third kappa shape index (κ3) is 3.43. The average molecular weight is 450 g/mol. The predicted octanol–water partition coefficient (Wildman–Crippen LogP) is 5.43. The van der Waals surface area contributed by atoms with Crippen molar-refractivity contribution in [3.63, 3.8) is 0 Å². The zero-order chi connectivity index (χ0) is 23.2. The maximum Gasteiger partial charge on any atom is 0.156 e. The van der Waals surface area contributed by atoms with Crippen molar-refractivity contribution in [2.24, 2.45) is 22.4 Å². The lowest BCUT2D eigenvalue weighted by atomic mass is 9.51. The molecule has 0 heterocycles. The highest BCUT2D eigenvalue weighted by molar-refractivity contribution is 5.93. The van der Waals surface area contributed by atoms with Crippen molar-refractivity contribution in [2.75, 3.05) is 20.8 Å². The average Bonchev–Trinajstić information content (AvgIpc) is 3.11. The van der Waals surface area contributed by atoms with Crippen LogP contribution in [0.25, 0.3) is 0 Å². The van der Waals surface area contributed by atoms with Gasteiger partial charge in [-0.15, -0.1) is 0 Å². The van der Waals surface area contributed by atoms with Gasteiger partial charge in [0.15, 0.2) is 5.78 Å². The molecular formula is C28H35NO4. The SMILES string of the molecule is COC[C@@]1(OC)CCC2[C@@H]3CCC4=CC(=O)CCC4=C3[C@@H](c3ccc(/C=N/O)cc3)C[C@@]21C. The second-order valence-corrected chi connectivity index (χ2v) is 10.6. The van der Waals surface area contributed by atoms with E-state index >= 15 is 0 Å². The number of nitrogens with zero attached hydrogens (tertiary/aromatic N) is 1. The molecule has 5 rings (SSSR count). The Balaban J connectivity index is 1.65. The molecule has 0 spiro atoms. The van der Waals surface area contributed by atoms with Crippen LogP contribution in [0.3, 0.4) is 0 Å². The van der Waals surface area contributed by atoms with E-state index in [1.165, 1.54) is 22.9 Å². The fourth-order valence-electron chi connectivity index (χ4n) is 7.78. The van der Waals surface area contributed by atoms with Crippen molar-refractivity contribution < 1.29 is 19.5 Å². The molecule has 176 valence electrons. The number of rotatable bonds is 5. The number of carbonyl (C=O) groups excluding carboxylic acids is 1. The van der Waals surface area contributed by atoms with E-state index in [2.05, 4.69) is 24.2 Å². The number of hydrogen-bond acceptors (Lipinski definition) is 5. The number of fused-ring (bicyclic) bond motifs is 4. The number of carbonyl (C=O) groups is 1. The largest absolute Gasteiger partial charge is 0.411 e. The van der Waals surface area contributed by atoms with Crippen LogP contribution < -0.4 is 0 Å². The molecule has 0 saturated heterocycles. The monoisotopic (exact) mass is 449 g/mol. The fraction of sp³-hybridized carbons (Fsp3) is 0.571. The summed E-state index contributed by atoms with van der Waals surface area (Å²) >= 11 is 0. The Hall–Kier alpha value is -2.24. The molecule has 0 aliphatic heterocycles. The van der Waals surface area contributed by atoms with E-state index in [0.717, 1.165) is 44.1 Å². The summed E-state index contributed by atoms with van der Waals surface area (Å²) in [6, 6.07) is 8.42. The highest BCUT2D eigenvalue weighted by atomic mass is 16.5. The van der Waals surface area contributed by atoms with Crippen LogP contribution >= 0.6 is 0 Å². The zero-order valence-electron chi connectivity index (χ0n) is 20.0. The molecule has 2 saturated carbocycles. The van der Waals surface area contributed by atoms with Crippen LogP contribution in [0, 0.1) is 17.3 Å². The third-order valence-corrected chi connectivity index (χ3v) is 9.34. The summed E-state index contributed by atoms with van der Waals surface area (Å²) in [6.45, 7) is 3.05. The summed E-state index contributed by atoms with van der Waals surface area (Å²) in [6.07, 6.45) is 10.2. The molecule has 1 N–H and O–H groups in total. The molecule has 33 heavy (non-hydrogen) atoms. The zero-order valence-corrected chi connectivity index (χ0v) is 20.0. The maximum atomic E-state index is 12.2. The van der Waals surface area contributed by atoms with E-state index in [-0.39, 0.29) is 22.7 Å². The minimum atomic E-state index is -0.275. The third-order valence-electron chi connectivity index (χ3n) is 9.34. The first-order valence-corrected chi connectivity index (χ1v) is 12.2. The van der Waals surface area contributed by atoms with Gasteiger partial charge in [-0.3, -0.25) is 4.79 Å². The van der Waals surface area contributed by atoms with Gasteiger partial charge in [0.2, 0.25) is 0 Å². The smallest absolute Gasteiger partial charge is 0.156 e. The van der Waals surface area contributed by atoms with Crippen LogP contribution in [-0.4, -0.2) is 43.6 Å². The van der Waals surface area contributed by atoms with Crippen LogP contribution in [-0.2, 0) is 14.3 Å². The lowest BCUT2D eigenvalue weighted by Gasteiger charge is -2.55. The van der Waals surface area contributed by atoms with Crippen LogP contribution in [0.4, 0.5) is 0 Å². The predicted molar refractivity (Wildman–Crippen MR) is 128 cm³/mol. The van der Waals surface area contributed by atoms with Gasteiger partial charge in [-0.25, -0.2) is 0 Å². The first-order valence-electron chi connectivity index (χ1n) is 12.2. The Morgan fingerprint density at radius 2 is 1.94 bits per heavy atom. The molecule has 1 unspecified atom stereocenters. The van der Waals surface area contributed by atoms with Gasteiger partial charge < -0.3 is 14.7 Å². The maximum absolute atomic E-state index is 12.2. The van der Waals surface area contributed by atoms with Gasteiger partial charge in [0.05, 0.1) is 18.4 Å². The molecular weight excluding hydrogens is 414 g/mol. The van der Waals surface area contributed by atoms with Crippen molar-refractivity contribution in [1.82, 2.24) is 0 Å². The van der Waals surface area contributed by atoms with E-state index in [1.54, 1.807) is 12.7 Å². The molecule has 0 bridgehead atoms.